The summed E-state index contributed by atoms with van der Waals surface area (Å²) in [6.07, 6.45) is 2.67. The number of nitrogens with one attached hydrogen (secondary N) is 1. The van der Waals surface area contributed by atoms with E-state index in [0.29, 0.717) is 5.69 Å². The molecule has 0 bridgehead atoms. The third-order valence-corrected chi connectivity index (χ3v) is 5.19. The Morgan fingerprint density at radius 1 is 1.32 bits per heavy atom. The maximum atomic E-state index is 13.8. The molecule has 0 saturated heterocycles. The largest absolute Gasteiger partial charge is 0.274 e. The number of benzene rings is 1. The fraction of sp³-hybridized carbons (Fsp3) is 0.214. The average Bonchev–Trinajstić information content (AvgIpc) is 3.09. The van der Waals surface area contributed by atoms with Crippen molar-refractivity contribution >= 4 is 27.6 Å². The van der Waals surface area contributed by atoms with Crippen molar-refractivity contribution in [3.8, 4) is 0 Å². The lowest BCUT2D eigenvalue weighted by molar-refractivity contribution is 0.584. The maximum absolute atomic E-state index is 13.8. The van der Waals surface area contributed by atoms with Crippen molar-refractivity contribution in [2.75, 3.05) is 4.72 Å². The number of rotatable bonds is 5. The molecule has 11 heteroatoms. The van der Waals surface area contributed by atoms with Crippen LogP contribution in [0.5, 0.6) is 0 Å². The minimum Gasteiger partial charge on any atom is -0.274 e. The van der Waals surface area contributed by atoms with Crippen LogP contribution in [0.2, 0.25) is 5.02 Å². The highest BCUT2D eigenvalue weighted by Gasteiger charge is 2.21. The van der Waals surface area contributed by atoms with Gasteiger partial charge in [0.2, 0.25) is 0 Å². The van der Waals surface area contributed by atoms with Crippen LogP contribution in [-0.2, 0) is 23.6 Å². The molecule has 0 unspecified atom stereocenters. The van der Waals surface area contributed by atoms with E-state index in [2.05, 4.69) is 19.9 Å². The Kier molecular flexibility index (Phi) is 4.48. The SMILES string of the molecule is Cc1nn(C)cc1S(=O)(=O)Nc1ncn(Cc2c(F)cccc2Cl)n1. The monoisotopic (exact) mass is 384 g/mol. The first kappa shape index (κ1) is 17.4. The molecule has 3 aromatic rings. The first-order chi connectivity index (χ1) is 11.8. The quantitative estimate of drug-likeness (QED) is 0.725. The molecule has 2 aromatic heterocycles. The second-order valence-corrected chi connectivity index (χ2v) is 7.38. The highest BCUT2D eigenvalue weighted by atomic mass is 35.5. The van der Waals surface area contributed by atoms with Gasteiger partial charge < -0.3 is 0 Å². The molecule has 0 spiro atoms. The molecule has 25 heavy (non-hydrogen) atoms. The van der Waals surface area contributed by atoms with E-state index in [9.17, 15) is 12.8 Å². The fourth-order valence-corrected chi connectivity index (χ4v) is 3.67. The number of aromatic nitrogens is 5. The first-order valence-corrected chi connectivity index (χ1v) is 8.98. The van der Waals surface area contributed by atoms with Crippen molar-refractivity contribution in [1.29, 1.82) is 0 Å². The molecule has 0 fully saturated rings. The highest BCUT2D eigenvalue weighted by molar-refractivity contribution is 7.92. The Bertz CT molecular complexity index is 1010. The summed E-state index contributed by atoms with van der Waals surface area (Å²) in [5.74, 6) is -0.605. The van der Waals surface area contributed by atoms with E-state index in [0.717, 1.165) is 0 Å². The molecule has 0 radical (unpaired) electrons. The van der Waals surface area contributed by atoms with Crippen molar-refractivity contribution in [2.24, 2.45) is 7.05 Å². The van der Waals surface area contributed by atoms with Crippen LogP contribution in [0.15, 0.2) is 35.6 Å². The summed E-state index contributed by atoms with van der Waals surface area (Å²) in [5, 5.41) is 8.25. The molecular formula is C14H14ClFN6O2S. The number of sulfonamides is 1. The van der Waals surface area contributed by atoms with E-state index in [4.69, 9.17) is 11.6 Å². The number of anilines is 1. The van der Waals surface area contributed by atoms with Gasteiger partial charge in [0.15, 0.2) is 0 Å². The Balaban J connectivity index is 1.81. The predicted octanol–water partition coefficient (Wildman–Crippen LogP) is 1.96. The van der Waals surface area contributed by atoms with Gasteiger partial charge in [-0.25, -0.2) is 22.2 Å². The summed E-state index contributed by atoms with van der Waals surface area (Å²) >= 11 is 5.97. The van der Waals surface area contributed by atoms with Crippen LogP contribution in [0, 0.1) is 12.7 Å². The summed E-state index contributed by atoms with van der Waals surface area (Å²) in [6, 6.07) is 4.34. The molecule has 1 aromatic carbocycles. The zero-order valence-corrected chi connectivity index (χ0v) is 14.9. The number of halogens is 2. The van der Waals surface area contributed by atoms with Crippen molar-refractivity contribution in [3.05, 3.63) is 52.8 Å². The molecule has 132 valence electrons. The molecule has 1 N–H and O–H groups in total. The van der Waals surface area contributed by atoms with Gasteiger partial charge in [0, 0.05) is 23.8 Å². The minimum atomic E-state index is -3.87. The van der Waals surface area contributed by atoms with Crippen molar-refractivity contribution in [2.45, 2.75) is 18.4 Å². The number of hydrogen-bond donors (Lipinski definition) is 1. The number of hydrogen-bond acceptors (Lipinski definition) is 5. The molecule has 2 heterocycles. The number of aryl methyl sites for hydroxylation is 2. The fourth-order valence-electron chi connectivity index (χ4n) is 2.28. The minimum absolute atomic E-state index is 0.0200. The van der Waals surface area contributed by atoms with Gasteiger partial charge in [-0.05, 0) is 19.1 Å². The topological polar surface area (TPSA) is 94.7 Å². The lowest BCUT2D eigenvalue weighted by Crippen LogP contribution is -2.15. The second-order valence-electron chi connectivity index (χ2n) is 5.32. The summed E-state index contributed by atoms with van der Waals surface area (Å²) in [7, 11) is -2.25. The molecule has 0 atom stereocenters. The van der Waals surface area contributed by atoms with Crippen LogP contribution in [0.4, 0.5) is 10.3 Å². The Labute approximate surface area is 148 Å². The average molecular weight is 385 g/mol. The van der Waals surface area contributed by atoms with E-state index < -0.39 is 15.8 Å². The molecule has 8 nitrogen and oxygen atoms in total. The van der Waals surface area contributed by atoms with Gasteiger partial charge in [-0.3, -0.25) is 4.68 Å². The van der Waals surface area contributed by atoms with Gasteiger partial charge in [0.05, 0.1) is 12.2 Å². The van der Waals surface area contributed by atoms with Gasteiger partial charge in [0.1, 0.15) is 17.0 Å². The molecular weight excluding hydrogens is 371 g/mol. The normalized spacial score (nSPS) is 11.7. The summed E-state index contributed by atoms with van der Waals surface area (Å²) in [5.41, 5.74) is 0.596. The lowest BCUT2D eigenvalue weighted by atomic mass is 10.2. The van der Waals surface area contributed by atoms with E-state index in [-0.39, 0.29) is 28.0 Å². The first-order valence-electron chi connectivity index (χ1n) is 7.11. The van der Waals surface area contributed by atoms with Gasteiger partial charge in [-0.2, -0.15) is 10.1 Å². The van der Waals surface area contributed by atoms with E-state index in [1.54, 1.807) is 20.0 Å². The van der Waals surface area contributed by atoms with Crippen LogP contribution in [-0.4, -0.2) is 33.0 Å². The molecule has 0 aliphatic heterocycles. The molecule has 0 aliphatic carbocycles. The molecule has 0 saturated carbocycles. The molecule has 3 rings (SSSR count). The summed E-state index contributed by atoms with van der Waals surface area (Å²) in [6.45, 7) is 1.60. The van der Waals surface area contributed by atoms with Crippen molar-refractivity contribution in [1.82, 2.24) is 24.5 Å². The van der Waals surface area contributed by atoms with Crippen LogP contribution >= 0.6 is 11.6 Å². The maximum Gasteiger partial charge on any atom is 0.267 e. The van der Waals surface area contributed by atoms with Crippen LogP contribution in [0.25, 0.3) is 0 Å². The van der Waals surface area contributed by atoms with Crippen LogP contribution < -0.4 is 4.72 Å². The number of nitrogens with zero attached hydrogens (tertiary/aromatic N) is 5. The Morgan fingerprint density at radius 2 is 2.08 bits per heavy atom. The highest BCUT2D eigenvalue weighted by Crippen LogP contribution is 2.20. The van der Waals surface area contributed by atoms with Gasteiger partial charge in [0.25, 0.3) is 16.0 Å². The molecule has 0 amide bonds. The van der Waals surface area contributed by atoms with Crippen LogP contribution in [0.3, 0.4) is 0 Å². The predicted molar refractivity (Wildman–Crippen MR) is 89.3 cm³/mol. The zero-order valence-electron chi connectivity index (χ0n) is 13.3. The third kappa shape index (κ3) is 3.64. The van der Waals surface area contributed by atoms with Crippen molar-refractivity contribution in [3.63, 3.8) is 0 Å². The van der Waals surface area contributed by atoms with Gasteiger partial charge in [-0.15, -0.1) is 5.10 Å². The third-order valence-electron chi connectivity index (χ3n) is 3.40. The van der Waals surface area contributed by atoms with E-state index in [1.165, 1.54) is 34.0 Å². The van der Waals surface area contributed by atoms with Crippen molar-refractivity contribution < 1.29 is 12.8 Å². The lowest BCUT2D eigenvalue weighted by Gasteiger charge is -2.05. The van der Waals surface area contributed by atoms with Crippen LogP contribution in [0.1, 0.15) is 11.3 Å². The zero-order chi connectivity index (χ0) is 18.2. The second kappa shape index (κ2) is 6.45. The Morgan fingerprint density at radius 3 is 2.72 bits per heavy atom. The molecule has 0 aliphatic rings. The van der Waals surface area contributed by atoms with Gasteiger partial charge in [-0.1, -0.05) is 17.7 Å². The van der Waals surface area contributed by atoms with E-state index in [1.807, 2.05) is 0 Å². The standard InChI is InChI=1S/C14H14ClFN6O2S/c1-9-13(7-21(2)18-9)25(23,24)20-14-17-8-22(19-14)6-10-11(15)4-3-5-12(10)16/h3-5,7-8H,6H2,1-2H3,(H,19,20). The summed E-state index contributed by atoms with van der Waals surface area (Å²) < 4.78 is 43.5. The summed E-state index contributed by atoms with van der Waals surface area (Å²) in [4.78, 5) is 3.92. The Hall–Kier alpha value is -2.46. The smallest absolute Gasteiger partial charge is 0.267 e. The van der Waals surface area contributed by atoms with Gasteiger partial charge >= 0.3 is 0 Å². The van der Waals surface area contributed by atoms with E-state index >= 15 is 0 Å².